The first-order valence-corrected chi connectivity index (χ1v) is 8.30. The molecule has 154 valence electrons. The van der Waals surface area contributed by atoms with Gasteiger partial charge in [0.25, 0.3) is 5.91 Å². The van der Waals surface area contributed by atoms with E-state index in [0.717, 1.165) is 0 Å². The number of benzene rings is 1. The lowest BCUT2D eigenvalue weighted by Crippen LogP contribution is -2.57. The zero-order chi connectivity index (χ0) is 19.3. The van der Waals surface area contributed by atoms with Gasteiger partial charge in [-0.05, 0) is 24.6 Å². The maximum atomic E-state index is 13.4. The van der Waals surface area contributed by atoms with Crippen LogP contribution in [-0.2, 0) is 0 Å². The molecular formula is C17H25ClF3N3O3. The van der Waals surface area contributed by atoms with Crippen LogP contribution < -0.4 is 20.1 Å². The van der Waals surface area contributed by atoms with Crippen LogP contribution in [0.4, 0.5) is 13.2 Å². The third-order valence-corrected chi connectivity index (χ3v) is 4.40. The van der Waals surface area contributed by atoms with Crippen LogP contribution in [0.2, 0.25) is 0 Å². The Morgan fingerprint density at radius 1 is 1.22 bits per heavy atom. The molecule has 1 saturated heterocycles. The lowest BCUT2D eigenvalue weighted by atomic mass is 10.1. The fraction of sp³-hybridized carbons (Fsp3) is 0.588. The van der Waals surface area contributed by atoms with Crippen molar-refractivity contribution in [2.75, 3.05) is 46.9 Å². The number of aryl methyl sites for hydroxylation is 1. The number of nitrogens with one attached hydrogen (secondary N) is 2. The van der Waals surface area contributed by atoms with Gasteiger partial charge < -0.3 is 20.1 Å². The van der Waals surface area contributed by atoms with Crippen molar-refractivity contribution in [3.05, 3.63) is 23.3 Å². The number of hydrogen-bond acceptors (Lipinski definition) is 5. The maximum Gasteiger partial charge on any atom is 0.405 e. The van der Waals surface area contributed by atoms with Gasteiger partial charge in [0, 0.05) is 38.3 Å². The Hall–Kier alpha value is -1.71. The van der Waals surface area contributed by atoms with E-state index in [1.807, 2.05) is 0 Å². The Morgan fingerprint density at radius 2 is 1.78 bits per heavy atom. The molecule has 1 amide bonds. The van der Waals surface area contributed by atoms with Gasteiger partial charge in [-0.25, -0.2) is 0 Å². The lowest BCUT2D eigenvalue weighted by Gasteiger charge is -2.36. The minimum Gasteiger partial charge on any atom is -0.493 e. The number of carbonyl (C=O) groups is 1. The summed E-state index contributed by atoms with van der Waals surface area (Å²) >= 11 is 0. The van der Waals surface area contributed by atoms with E-state index in [4.69, 9.17) is 9.47 Å². The van der Waals surface area contributed by atoms with Crippen LogP contribution in [0.15, 0.2) is 12.1 Å². The summed E-state index contributed by atoms with van der Waals surface area (Å²) in [5, 5.41) is 5.44. The van der Waals surface area contributed by atoms with Gasteiger partial charge >= 0.3 is 6.18 Å². The molecule has 6 nitrogen and oxygen atoms in total. The number of amides is 1. The van der Waals surface area contributed by atoms with E-state index in [1.54, 1.807) is 13.0 Å². The summed E-state index contributed by atoms with van der Waals surface area (Å²) in [6.45, 7) is 2.75. The maximum absolute atomic E-state index is 13.4. The van der Waals surface area contributed by atoms with Crippen molar-refractivity contribution >= 4 is 18.3 Å². The first-order valence-electron chi connectivity index (χ1n) is 8.30. The van der Waals surface area contributed by atoms with Crippen LogP contribution in [0, 0.1) is 6.92 Å². The monoisotopic (exact) mass is 411 g/mol. The molecule has 0 radical (unpaired) electrons. The molecule has 1 aliphatic heterocycles. The molecule has 1 unspecified atom stereocenters. The topological polar surface area (TPSA) is 62.8 Å². The van der Waals surface area contributed by atoms with Crippen molar-refractivity contribution in [3.63, 3.8) is 0 Å². The summed E-state index contributed by atoms with van der Waals surface area (Å²) in [7, 11) is 2.90. The summed E-state index contributed by atoms with van der Waals surface area (Å²) in [5.41, 5.74) is 0.842. The fourth-order valence-corrected chi connectivity index (χ4v) is 2.96. The number of rotatable bonds is 6. The third-order valence-electron chi connectivity index (χ3n) is 4.40. The van der Waals surface area contributed by atoms with E-state index < -0.39 is 24.7 Å². The standard InChI is InChI=1S/C17H24F3N3O3.ClH/c1-11-8-13(25-2)14(26-3)9-12(11)16(24)22-10-15(17(18,19)20)23-6-4-21-5-7-23;/h8-9,15,21H,4-7,10H2,1-3H3,(H,22,24);1H. The molecule has 2 rings (SSSR count). The average molecular weight is 412 g/mol. The molecule has 0 bridgehead atoms. The van der Waals surface area contributed by atoms with Crippen molar-refractivity contribution in [3.8, 4) is 11.5 Å². The number of ether oxygens (including phenoxy) is 2. The Bertz CT molecular complexity index is 638. The van der Waals surface area contributed by atoms with E-state index >= 15 is 0 Å². The Labute approximate surface area is 162 Å². The highest BCUT2D eigenvalue weighted by atomic mass is 35.5. The van der Waals surface area contributed by atoms with E-state index in [-0.39, 0.29) is 31.1 Å². The summed E-state index contributed by atoms with van der Waals surface area (Å²) in [6.07, 6.45) is -4.42. The predicted octanol–water partition coefficient (Wildman–Crippen LogP) is 2.00. The van der Waals surface area contributed by atoms with Crippen LogP contribution in [0.25, 0.3) is 0 Å². The Balaban J connectivity index is 0.00000364. The number of halogens is 4. The minimum absolute atomic E-state index is 0. The molecule has 1 atom stereocenters. The van der Waals surface area contributed by atoms with Crippen molar-refractivity contribution in [1.82, 2.24) is 15.5 Å². The quantitative estimate of drug-likeness (QED) is 0.749. The molecular weight excluding hydrogens is 387 g/mol. The number of alkyl halides is 3. The highest BCUT2D eigenvalue weighted by molar-refractivity contribution is 5.96. The van der Waals surface area contributed by atoms with Crippen LogP contribution >= 0.6 is 12.4 Å². The lowest BCUT2D eigenvalue weighted by molar-refractivity contribution is -0.183. The van der Waals surface area contributed by atoms with E-state index in [0.29, 0.717) is 30.2 Å². The molecule has 0 saturated carbocycles. The van der Waals surface area contributed by atoms with Crippen molar-refractivity contribution in [2.45, 2.75) is 19.1 Å². The zero-order valence-corrected chi connectivity index (χ0v) is 16.3. The second kappa shape index (κ2) is 10.0. The van der Waals surface area contributed by atoms with Gasteiger partial charge in [0.15, 0.2) is 11.5 Å². The minimum atomic E-state index is -4.42. The number of methoxy groups -OCH3 is 2. The summed E-state index contributed by atoms with van der Waals surface area (Å²) in [6, 6.07) is 1.37. The SMILES string of the molecule is COc1cc(C)c(C(=O)NCC(N2CCNCC2)C(F)(F)F)cc1OC.Cl. The molecule has 27 heavy (non-hydrogen) atoms. The molecule has 1 aliphatic rings. The Morgan fingerprint density at radius 3 is 2.30 bits per heavy atom. The smallest absolute Gasteiger partial charge is 0.405 e. The number of nitrogens with zero attached hydrogens (tertiary/aromatic N) is 1. The summed E-state index contributed by atoms with van der Waals surface area (Å²) in [5.74, 6) is 0.223. The third kappa shape index (κ3) is 5.88. The highest BCUT2D eigenvalue weighted by Crippen LogP contribution is 2.30. The van der Waals surface area contributed by atoms with E-state index in [1.165, 1.54) is 25.2 Å². The van der Waals surface area contributed by atoms with Crippen molar-refractivity contribution in [2.24, 2.45) is 0 Å². The van der Waals surface area contributed by atoms with Crippen LogP contribution in [-0.4, -0.2) is 70.0 Å². The molecule has 0 aliphatic carbocycles. The molecule has 1 heterocycles. The molecule has 0 spiro atoms. The van der Waals surface area contributed by atoms with Crippen LogP contribution in [0.3, 0.4) is 0 Å². The fourth-order valence-electron chi connectivity index (χ4n) is 2.96. The highest BCUT2D eigenvalue weighted by Gasteiger charge is 2.43. The first-order chi connectivity index (χ1) is 12.3. The molecule has 1 fully saturated rings. The van der Waals surface area contributed by atoms with Gasteiger partial charge in [-0.15, -0.1) is 12.4 Å². The van der Waals surface area contributed by atoms with Gasteiger partial charge in [-0.3, -0.25) is 9.69 Å². The predicted molar refractivity (Wildman–Crippen MR) is 98.1 cm³/mol. The molecule has 2 N–H and O–H groups in total. The van der Waals surface area contributed by atoms with E-state index in [2.05, 4.69) is 10.6 Å². The van der Waals surface area contributed by atoms with Gasteiger partial charge in [-0.2, -0.15) is 13.2 Å². The van der Waals surface area contributed by atoms with Gasteiger partial charge in [-0.1, -0.05) is 0 Å². The molecule has 1 aromatic rings. The summed E-state index contributed by atoms with van der Waals surface area (Å²) in [4.78, 5) is 13.8. The zero-order valence-electron chi connectivity index (χ0n) is 15.5. The molecule has 0 aromatic heterocycles. The largest absolute Gasteiger partial charge is 0.493 e. The van der Waals surface area contributed by atoms with Crippen molar-refractivity contribution in [1.29, 1.82) is 0 Å². The molecule has 10 heteroatoms. The summed E-state index contributed by atoms with van der Waals surface area (Å²) < 4.78 is 50.5. The number of hydrogen-bond donors (Lipinski definition) is 2. The second-order valence-corrected chi connectivity index (χ2v) is 6.08. The second-order valence-electron chi connectivity index (χ2n) is 6.08. The van der Waals surface area contributed by atoms with E-state index in [9.17, 15) is 18.0 Å². The van der Waals surface area contributed by atoms with Crippen LogP contribution in [0.5, 0.6) is 11.5 Å². The van der Waals surface area contributed by atoms with Gasteiger partial charge in [0.1, 0.15) is 6.04 Å². The van der Waals surface area contributed by atoms with Crippen LogP contribution in [0.1, 0.15) is 15.9 Å². The Kier molecular flexibility index (Phi) is 8.64. The first kappa shape index (κ1) is 23.3. The molecule has 1 aromatic carbocycles. The van der Waals surface area contributed by atoms with Gasteiger partial charge in [0.2, 0.25) is 0 Å². The van der Waals surface area contributed by atoms with Crippen molar-refractivity contribution < 1.29 is 27.4 Å². The van der Waals surface area contributed by atoms with Gasteiger partial charge in [0.05, 0.1) is 14.2 Å². The number of piperazine rings is 1. The number of carbonyl (C=O) groups excluding carboxylic acids is 1. The average Bonchev–Trinajstić information content (AvgIpc) is 2.61. The normalized spacial score (nSPS) is 16.2.